The summed E-state index contributed by atoms with van der Waals surface area (Å²) in [4.78, 5) is 12.8. The van der Waals surface area contributed by atoms with Gasteiger partial charge in [-0.15, -0.1) is 0 Å². The highest BCUT2D eigenvalue weighted by Crippen LogP contribution is 2.43. The van der Waals surface area contributed by atoms with Crippen molar-refractivity contribution in [1.82, 2.24) is 0 Å². The van der Waals surface area contributed by atoms with Crippen molar-refractivity contribution in [1.29, 1.82) is 0 Å². The van der Waals surface area contributed by atoms with E-state index in [1.165, 1.54) is 12.1 Å². The lowest BCUT2D eigenvalue weighted by Gasteiger charge is -2.35. The molecule has 0 spiro atoms. The van der Waals surface area contributed by atoms with E-state index < -0.39 is 22.7 Å². The Bertz CT molecular complexity index is 470. The first-order chi connectivity index (χ1) is 9.30. The molecule has 0 fully saturated rings. The molecule has 0 radical (unpaired) electrons. The van der Waals surface area contributed by atoms with Crippen LogP contribution < -0.4 is 0 Å². The van der Waals surface area contributed by atoms with Gasteiger partial charge in [-0.2, -0.15) is 0 Å². The van der Waals surface area contributed by atoms with Gasteiger partial charge in [-0.3, -0.25) is 4.79 Å². The number of hydrogen-bond acceptors (Lipinski definition) is 4. The van der Waals surface area contributed by atoms with Gasteiger partial charge in [0.05, 0.1) is 0 Å². The number of hydrogen-bond donors (Lipinski definition) is 3. The summed E-state index contributed by atoms with van der Waals surface area (Å²) in [5.41, 5.74) is -0.272. The second-order valence-electron chi connectivity index (χ2n) is 5.61. The maximum absolute atomic E-state index is 12.8. The summed E-state index contributed by atoms with van der Waals surface area (Å²) >= 11 is 0. The smallest absolute Gasteiger partial charge is 0.200 e. The van der Waals surface area contributed by atoms with E-state index in [0.29, 0.717) is 6.42 Å². The van der Waals surface area contributed by atoms with Crippen molar-refractivity contribution in [3.63, 3.8) is 0 Å². The molecular formula is C16H24O4. The van der Waals surface area contributed by atoms with Crippen LogP contribution in [-0.4, -0.2) is 21.1 Å². The zero-order valence-corrected chi connectivity index (χ0v) is 12.6. The van der Waals surface area contributed by atoms with Crippen LogP contribution in [0.3, 0.4) is 0 Å². The number of phenols is 3. The van der Waals surface area contributed by atoms with Crippen molar-refractivity contribution in [3.8, 4) is 17.2 Å². The van der Waals surface area contributed by atoms with Crippen LogP contribution >= 0.6 is 0 Å². The van der Waals surface area contributed by atoms with Gasteiger partial charge in [0.1, 0.15) is 0 Å². The molecule has 0 aromatic heterocycles. The summed E-state index contributed by atoms with van der Waals surface area (Å²) in [5.74, 6) is -1.48. The predicted octanol–water partition coefficient (Wildman–Crippen LogP) is 3.84. The van der Waals surface area contributed by atoms with E-state index in [1.54, 1.807) is 0 Å². The summed E-state index contributed by atoms with van der Waals surface area (Å²) < 4.78 is 0. The number of carbonyl (C=O) groups is 1. The zero-order chi connectivity index (χ0) is 15.5. The Balaban J connectivity index is 3.32. The second kappa shape index (κ2) is 6.16. The monoisotopic (exact) mass is 280 g/mol. The number of ketones is 1. The minimum atomic E-state index is -0.594. The fourth-order valence-corrected chi connectivity index (χ4v) is 2.88. The highest BCUT2D eigenvalue weighted by atomic mass is 16.3. The van der Waals surface area contributed by atoms with Crippen LogP contribution in [0.5, 0.6) is 17.2 Å². The van der Waals surface area contributed by atoms with Gasteiger partial charge in [0, 0.05) is 11.0 Å². The van der Waals surface area contributed by atoms with Crippen LogP contribution in [0.15, 0.2) is 12.1 Å². The highest BCUT2D eigenvalue weighted by molar-refractivity contribution is 6.01. The third kappa shape index (κ3) is 2.74. The number of Topliss-reactive ketones (excluding diaryl/α,β-unsaturated/α-hetero) is 1. The molecule has 20 heavy (non-hydrogen) atoms. The normalized spacial score (nSPS) is 14.2. The average molecular weight is 280 g/mol. The molecule has 1 unspecified atom stereocenters. The largest absolute Gasteiger partial charge is 0.504 e. The van der Waals surface area contributed by atoms with E-state index in [1.807, 2.05) is 27.7 Å². The molecule has 0 aliphatic carbocycles. The van der Waals surface area contributed by atoms with Gasteiger partial charge in [-0.1, -0.05) is 34.1 Å². The van der Waals surface area contributed by atoms with Gasteiger partial charge in [-0.05, 0) is 30.9 Å². The Morgan fingerprint density at radius 2 is 1.65 bits per heavy atom. The molecule has 1 rings (SSSR count). The predicted molar refractivity (Wildman–Crippen MR) is 78.2 cm³/mol. The summed E-state index contributed by atoms with van der Waals surface area (Å²) in [5, 5.41) is 28.5. The third-order valence-corrected chi connectivity index (χ3v) is 4.22. The minimum Gasteiger partial charge on any atom is -0.504 e. The van der Waals surface area contributed by atoms with E-state index in [-0.39, 0.29) is 17.3 Å². The van der Waals surface area contributed by atoms with Crippen LogP contribution in [0, 0.1) is 11.3 Å². The van der Waals surface area contributed by atoms with E-state index >= 15 is 0 Å². The minimum absolute atomic E-state index is 0.0950. The topological polar surface area (TPSA) is 77.8 Å². The van der Waals surface area contributed by atoms with Crippen LogP contribution in [-0.2, 0) is 0 Å². The summed E-state index contributed by atoms with van der Waals surface area (Å²) in [6, 6.07) is 2.44. The summed E-state index contributed by atoms with van der Waals surface area (Å²) in [6.07, 6.45) is 2.33. The molecule has 0 aliphatic heterocycles. The Labute approximate surface area is 120 Å². The molecule has 3 N–H and O–H groups in total. The molecule has 1 aromatic carbocycles. The standard InChI is InChI=1S/C16H24O4/c1-5-7-16(6-2,10(3)4)15(20)11-8-12(17)14(19)13(18)9-11/h8-10,17-19H,5-7H2,1-4H3. The summed E-state index contributed by atoms with van der Waals surface area (Å²) in [7, 11) is 0. The van der Waals surface area contributed by atoms with Crippen molar-refractivity contribution >= 4 is 5.78 Å². The quantitative estimate of drug-likeness (QED) is 0.546. The van der Waals surface area contributed by atoms with Gasteiger partial charge < -0.3 is 15.3 Å². The average Bonchev–Trinajstić information content (AvgIpc) is 2.40. The molecule has 0 heterocycles. The highest BCUT2D eigenvalue weighted by Gasteiger charge is 2.39. The van der Waals surface area contributed by atoms with E-state index in [2.05, 4.69) is 0 Å². The van der Waals surface area contributed by atoms with Crippen LogP contribution in [0.25, 0.3) is 0 Å². The second-order valence-corrected chi connectivity index (χ2v) is 5.61. The van der Waals surface area contributed by atoms with Crippen LogP contribution in [0.2, 0.25) is 0 Å². The maximum Gasteiger partial charge on any atom is 0.200 e. The third-order valence-electron chi connectivity index (χ3n) is 4.22. The van der Waals surface area contributed by atoms with Crippen molar-refractivity contribution in [3.05, 3.63) is 17.7 Å². The molecule has 0 aliphatic rings. The van der Waals surface area contributed by atoms with E-state index in [0.717, 1.165) is 12.8 Å². The van der Waals surface area contributed by atoms with Gasteiger partial charge in [0.15, 0.2) is 23.0 Å². The lowest BCUT2D eigenvalue weighted by Crippen LogP contribution is -2.36. The molecule has 0 amide bonds. The lowest BCUT2D eigenvalue weighted by atomic mass is 9.67. The van der Waals surface area contributed by atoms with Crippen LogP contribution in [0.1, 0.15) is 57.3 Å². The Morgan fingerprint density at radius 1 is 1.15 bits per heavy atom. The zero-order valence-electron chi connectivity index (χ0n) is 12.6. The molecule has 4 heteroatoms. The van der Waals surface area contributed by atoms with E-state index in [9.17, 15) is 20.1 Å². The number of rotatable bonds is 6. The first-order valence-corrected chi connectivity index (χ1v) is 7.09. The van der Waals surface area contributed by atoms with Gasteiger partial charge in [0.25, 0.3) is 0 Å². The number of aromatic hydroxyl groups is 3. The molecule has 0 saturated carbocycles. The first kappa shape index (κ1) is 16.3. The SMILES string of the molecule is CCCC(CC)(C(=O)c1cc(O)c(O)c(O)c1)C(C)C. The Hall–Kier alpha value is -1.71. The molecule has 0 saturated heterocycles. The number of benzene rings is 1. The Kier molecular flexibility index (Phi) is 5.03. The molecule has 4 nitrogen and oxygen atoms in total. The van der Waals surface area contributed by atoms with Crippen molar-refractivity contribution in [2.75, 3.05) is 0 Å². The summed E-state index contributed by atoms with van der Waals surface area (Å²) in [6.45, 7) is 8.04. The fourth-order valence-electron chi connectivity index (χ4n) is 2.88. The molecule has 112 valence electrons. The van der Waals surface area contributed by atoms with Gasteiger partial charge in [-0.25, -0.2) is 0 Å². The van der Waals surface area contributed by atoms with Gasteiger partial charge >= 0.3 is 0 Å². The van der Waals surface area contributed by atoms with E-state index in [4.69, 9.17) is 0 Å². The molecule has 0 bridgehead atoms. The van der Waals surface area contributed by atoms with Crippen molar-refractivity contribution in [2.45, 2.75) is 47.0 Å². The Morgan fingerprint density at radius 3 is 2.00 bits per heavy atom. The fraction of sp³-hybridized carbons (Fsp3) is 0.562. The van der Waals surface area contributed by atoms with Crippen molar-refractivity contribution < 1.29 is 20.1 Å². The lowest BCUT2D eigenvalue weighted by molar-refractivity contribution is 0.0659. The van der Waals surface area contributed by atoms with Gasteiger partial charge in [0.2, 0.25) is 0 Å². The molecule has 1 atom stereocenters. The van der Waals surface area contributed by atoms with Crippen molar-refractivity contribution in [2.24, 2.45) is 11.3 Å². The number of phenolic OH excluding ortho intramolecular Hbond substituents is 3. The van der Waals surface area contributed by atoms with Crippen LogP contribution in [0.4, 0.5) is 0 Å². The molecular weight excluding hydrogens is 256 g/mol. The number of carbonyl (C=O) groups excluding carboxylic acids is 1. The maximum atomic E-state index is 12.8. The molecule has 1 aromatic rings. The first-order valence-electron chi connectivity index (χ1n) is 7.09.